The van der Waals surface area contributed by atoms with Gasteiger partial charge in [0.05, 0.1) is 31.5 Å². The second kappa shape index (κ2) is 14.8. The van der Waals surface area contributed by atoms with Crippen molar-refractivity contribution in [2.75, 3.05) is 13.1 Å². The molecule has 4 amide bonds. The fraction of sp³-hybridized carbons (Fsp3) is 0.464. The van der Waals surface area contributed by atoms with Gasteiger partial charge in [-0.05, 0) is 17.9 Å². The third-order valence-electron chi connectivity index (χ3n) is 6.56. The highest BCUT2D eigenvalue weighted by molar-refractivity contribution is 5.96. The lowest BCUT2D eigenvalue weighted by Crippen LogP contribution is -2.57. The molecule has 1 aliphatic rings. The summed E-state index contributed by atoms with van der Waals surface area (Å²) in [4.78, 5) is 72.3. The van der Waals surface area contributed by atoms with E-state index < -0.39 is 47.9 Å². The van der Waals surface area contributed by atoms with Crippen molar-refractivity contribution in [3.05, 3.63) is 60.2 Å². The highest BCUT2D eigenvalue weighted by Gasteiger charge is 2.43. The van der Waals surface area contributed by atoms with E-state index in [1.807, 2.05) is 30.3 Å². The normalized spacial score (nSPS) is 18.1. The van der Waals surface area contributed by atoms with Crippen LogP contribution in [0.25, 0.3) is 0 Å². The van der Waals surface area contributed by atoms with E-state index in [1.54, 1.807) is 20.8 Å². The first-order chi connectivity index (χ1) is 19.2. The first-order valence-corrected chi connectivity index (χ1v) is 13.3. The monoisotopic (exact) mass is 552 g/mol. The zero-order chi connectivity index (χ0) is 29.1. The smallest absolute Gasteiger partial charge is 0.271 e. The number of aromatic nitrogens is 2. The molecule has 4 atom stereocenters. The molecule has 2 heterocycles. The number of carbonyl (C=O) groups is 5. The molecule has 3 N–H and O–H groups in total. The second-order valence-electron chi connectivity index (χ2n) is 9.88. The highest BCUT2D eigenvalue weighted by Crippen LogP contribution is 2.24. The topological polar surface area (TPSA) is 160 Å². The molecule has 1 fully saturated rings. The number of carbonyl (C=O) groups excluding carboxylic acids is 5. The Morgan fingerprint density at radius 1 is 1.12 bits per heavy atom. The van der Waals surface area contributed by atoms with Gasteiger partial charge < -0.3 is 30.4 Å². The molecule has 1 aliphatic heterocycles. The third-order valence-corrected chi connectivity index (χ3v) is 6.56. The lowest BCUT2D eigenvalue weighted by atomic mass is 10.0. The lowest BCUT2D eigenvalue weighted by molar-refractivity contribution is -0.142. The summed E-state index contributed by atoms with van der Waals surface area (Å²) in [5, 5.41) is 7.83. The van der Waals surface area contributed by atoms with E-state index in [-0.39, 0.29) is 31.1 Å². The molecule has 1 aromatic carbocycles. The van der Waals surface area contributed by atoms with Gasteiger partial charge in [0.1, 0.15) is 24.1 Å². The Bertz CT molecular complexity index is 1160. The Hall–Kier alpha value is -4.19. The molecule has 40 heavy (non-hydrogen) atoms. The minimum absolute atomic E-state index is 0.0555. The number of hydrogen-bond acceptors (Lipinski definition) is 8. The zero-order valence-electron chi connectivity index (χ0n) is 22.9. The summed E-state index contributed by atoms with van der Waals surface area (Å²) >= 11 is 0. The Labute approximate surface area is 233 Å². The molecule has 0 spiro atoms. The maximum atomic E-state index is 13.7. The number of rotatable bonds is 13. The van der Waals surface area contributed by atoms with E-state index in [0.717, 1.165) is 5.56 Å². The van der Waals surface area contributed by atoms with Gasteiger partial charge in [0, 0.05) is 25.4 Å². The summed E-state index contributed by atoms with van der Waals surface area (Å²) < 4.78 is 6.05. The molecular weight excluding hydrogens is 516 g/mol. The Morgan fingerprint density at radius 2 is 1.88 bits per heavy atom. The molecule has 214 valence electrons. The van der Waals surface area contributed by atoms with Crippen molar-refractivity contribution < 1.29 is 28.7 Å². The molecule has 0 bridgehead atoms. The van der Waals surface area contributed by atoms with Gasteiger partial charge in [0.15, 0.2) is 0 Å². The van der Waals surface area contributed by atoms with E-state index in [0.29, 0.717) is 19.3 Å². The van der Waals surface area contributed by atoms with Crippen LogP contribution in [-0.4, -0.2) is 82.1 Å². The van der Waals surface area contributed by atoms with Crippen LogP contribution in [0.5, 0.6) is 0 Å². The van der Waals surface area contributed by atoms with Gasteiger partial charge in [-0.3, -0.25) is 24.2 Å². The zero-order valence-corrected chi connectivity index (χ0v) is 22.9. The highest BCUT2D eigenvalue weighted by atomic mass is 16.5. The number of hydrogen-bond donors (Lipinski definition) is 3. The fourth-order valence-electron chi connectivity index (χ4n) is 4.29. The number of ether oxygens (including phenoxy) is 1. The molecule has 0 saturated carbocycles. The molecule has 2 aromatic rings. The molecular formula is C28H36N6O6. The molecule has 0 radical (unpaired) electrons. The Morgan fingerprint density at radius 3 is 2.50 bits per heavy atom. The molecule has 0 aliphatic carbocycles. The molecule has 3 rings (SSSR count). The SMILES string of the molecule is CCC(C=O)NC(=O)C1CC(OCc2ccccc2)CN1C(=O)C(NC(=O)CNC(=O)c1cnccn1)C(C)C. The van der Waals surface area contributed by atoms with Crippen molar-refractivity contribution in [3.8, 4) is 0 Å². The first kappa shape index (κ1) is 30.4. The van der Waals surface area contributed by atoms with E-state index in [1.165, 1.54) is 23.5 Å². The van der Waals surface area contributed by atoms with Gasteiger partial charge in [-0.2, -0.15) is 0 Å². The van der Waals surface area contributed by atoms with Crippen LogP contribution in [-0.2, 0) is 30.5 Å². The van der Waals surface area contributed by atoms with Gasteiger partial charge in [-0.25, -0.2) is 4.98 Å². The van der Waals surface area contributed by atoms with Gasteiger partial charge in [-0.15, -0.1) is 0 Å². The standard InChI is InChI=1S/C28H36N6O6/c1-4-20(16-35)32-27(38)23-12-21(40-17-19-8-6-5-7-9-19)15-34(23)28(39)25(18(2)3)33-24(36)14-31-26(37)22-13-29-10-11-30-22/h5-11,13,16,18,20-21,23,25H,4,12,14-15,17H2,1-3H3,(H,31,37)(H,32,38)(H,33,36). The van der Waals surface area contributed by atoms with Crippen LogP contribution in [0.3, 0.4) is 0 Å². The number of aldehydes is 1. The maximum Gasteiger partial charge on any atom is 0.271 e. The number of nitrogens with one attached hydrogen (secondary N) is 3. The van der Waals surface area contributed by atoms with E-state index >= 15 is 0 Å². The third kappa shape index (κ3) is 8.40. The average Bonchev–Trinajstić information content (AvgIpc) is 3.41. The number of likely N-dealkylation sites (tertiary alicyclic amines) is 1. The van der Waals surface area contributed by atoms with E-state index in [9.17, 15) is 24.0 Å². The summed E-state index contributed by atoms with van der Waals surface area (Å²) in [6.07, 6.45) is 4.95. The first-order valence-electron chi connectivity index (χ1n) is 13.3. The minimum atomic E-state index is -0.961. The molecule has 1 saturated heterocycles. The molecule has 12 nitrogen and oxygen atoms in total. The Kier molecular flexibility index (Phi) is 11.2. The summed E-state index contributed by atoms with van der Waals surface area (Å²) in [7, 11) is 0. The second-order valence-corrected chi connectivity index (χ2v) is 9.88. The molecule has 12 heteroatoms. The van der Waals surface area contributed by atoms with Crippen LogP contribution >= 0.6 is 0 Å². The molecule has 4 unspecified atom stereocenters. The van der Waals surface area contributed by atoms with Gasteiger partial charge in [-0.1, -0.05) is 51.1 Å². The lowest BCUT2D eigenvalue weighted by Gasteiger charge is -2.30. The van der Waals surface area contributed by atoms with Crippen molar-refractivity contribution in [1.82, 2.24) is 30.8 Å². The summed E-state index contributed by atoms with van der Waals surface area (Å²) in [5.41, 5.74) is 1.01. The van der Waals surface area contributed by atoms with Crippen molar-refractivity contribution in [1.29, 1.82) is 0 Å². The van der Waals surface area contributed by atoms with Crippen LogP contribution in [0, 0.1) is 5.92 Å². The van der Waals surface area contributed by atoms with Gasteiger partial charge in [0.25, 0.3) is 5.91 Å². The van der Waals surface area contributed by atoms with Gasteiger partial charge >= 0.3 is 0 Å². The fourth-order valence-corrected chi connectivity index (χ4v) is 4.29. The Balaban J connectivity index is 1.69. The van der Waals surface area contributed by atoms with Crippen LogP contribution in [0.2, 0.25) is 0 Å². The summed E-state index contributed by atoms with van der Waals surface area (Å²) in [6.45, 7) is 5.39. The predicted octanol–water partition coefficient (Wildman–Crippen LogP) is 0.627. The van der Waals surface area contributed by atoms with Crippen LogP contribution in [0.15, 0.2) is 48.9 Å². The quantitative estimate of drug-likeness (QED) is 0.305. The minimum Gasteiger partial charge on any atom is -0.372 e. The van der Waals surface area contributed by atoms with Crippen LogP contribution < -0.4 is 16.0 Å². The number of amides is 4. The largest absolute Gasteiger partial charge is 0.372 e. The predicted molar refractivity (Wildman–Crippen MR) is 145 cm³/mol. The molecule has 1 aromatic heterocycles. The maximum absolute atomic E-state index is 13.7. The van der Waals surface area contributed by atoms with Gasteiger partial charge in [0.2, 0.25) is 17.7 Å². The van der Waals surface area contributed by atoms with Crippen LogP contribution in [0.4, 0.5) is 0 Å². The van der Waals surface area contributed by atoms with Crippen molar-refractivity contribution in [3.63, 3.8) is 0 Å². The van der Waals surface area contributed by atoms with E-state index in [2.05, 4.69) is 25.9 Å². The number of nitrogens with zero attached hydrogens (tertiary/aromatic N) is 3. The summed E-state index contributed by atoms with van der Waals surface area (Å²) in [5.74, 6) is -2.38. The van der Waals surface area contributed by atoms with Crippen molar-refractivity contribution >= 4 is 29.9 Å². The summed E-state index contributed by atoms with van der Waals surface area (Å²) in [6, 6.07) is 7.03. The van der Waals surface area contributed by atoms with E-state index in [4.69, 9.17) is 4.74 Å². The van der Waals surface area contributed by atoms with Crippen LogP contribution in [0.1, 0.15) is 49.7 Å². The average molecular weight is 553 g/mol. The number of benzene rings is 1. The van der Waals surface area contributed by atoms with Crippen molar-refractivity contribution in [2.24, 2.45) is 5.92 Å². The van der Waals surface area contributed by atoms with Crippen molar-refractivity contribution in [2.45, 2.75) is 64.4 Å².